The average molecular weight is 268 g/mol. The number of imidazole rings is 1. The van der Waals surface area contributed by atoms with Crippen LogP contribution in [0.5, 0.6) is 0 Å². The summed E-state index contributed by atoms with van der Waals surface area (Å²) in [4.78, 5) is 18.0. The number of carbonyl (C=O) groups excluding carboxylic acids is 1. The van der Waals surface area contributed by atoms with Gasteiger partial charge in [-0.1, -0.05) is 6.92 Å². The molecular formula is C9H15Cl2N3O2-2. The summed E-state index contributed by atoms with van der Waals surface area (Å²) in [5, 5.41) is 0. The Morgan fingerprint density at radius 1 is 1.62 bits per heavy atom. The van der Waals surface area contributed by atoms with Crippen LogP contribution in [0.1, 0.15) is 19.0 Å². The van der Waals surface area contributed by atoms with E-state index in [1.54, 1.807) is 12.5 Å². The second-order valence-electron chi connectivity index (χ2n) is 3.05. The molecule has 0 spiro atoms. The minimum absolute atomic E-state index is 0. The lowest BCUT2D eigenvalue weighted by Crippen LogP contribution is -3.00. The highest BCUT2D eigenvalue weighted by molar-refractivity contribution is 5.75. The number of nitrogens with one attached hydrogen (secondary N) is 1. The van der Waals surface area contributed by atoms with E-state index in [9.17, 15) is 4.79 Å². The van der Waals surface area contributed by atoms with Gasteiger partial charge in [-0.15, -0.1) is 0 Å². The van der Waals surface area contributed by atoms with Crippen molar-refractivity contribution < 1.29 is 34.3 Å². The minimum atomic E-state index is -0.609. The van der Waals surface area contributed by atoms with E-state index in [0.29, 0.717) is 13.0 Å². The van der Waals surface area contributed by atoms with Gasteiger partial charge in [-0.25, -0.2) is 4.98 Å². The van der Waals surface area contributed by atoms with E-state index in [1.807, 2.05) is 6.92 Å². The summed E-state index contributed by atoms with van der Waals surface area (Å²) in [7, 11) is 0. The molecule has 16 heavy (non-hydrogen) atoms. The third-order valence-corrected chi connectivity index (χ3v) is 1.75. The van der Waals surface area contributed by atoms with Crippen molar-refractivity contribution in [2.75, 3.05) is 6.61 Å². The van der Waals surface area contributed by atoms with Crippen LogP contribution in [0.4, 0.5) is 0 Å². The first-order valence-corrected chi connectivity index (χ1v) is 4.63. The molecule has 0 bridgehead atoms. The maximum absolute atomic E-state index is 11.2. The van der Waals surface area contributed by atoms with Gasteiger partial charge in [-0.2, -0.15) is 0 Å². The summed E-state index contributed by atoms with van der Waals surface area (Å²) in [5.74, 6) is -0.360. The number of H-pyrrole nitrogens is 1. The summed E-state index contributed by atoms with van der Waals surface area (Å²) >= 11 is 0. The van der Waals surface area contributed by atoms with E-state index in [0.717, 1.165) is 12.1 Å². The molecule has 0 amide bonds. The van der Waals surface area contributed by atoms with Crippen molar-refractivity contribution in [2.45, 2.75) is 25.8 Å². The number of halogens is 2. The standard InChI is InChI=1S/C9H15N3O2.2ClH/c1-2-3-14-9(13)8(10)4-7-5-11-6-12-7;;/h5-6,8H,2-4,10H2,1H3,(H,11,12);2*1H/p-2. The lowest BCUT2D eigenvalue weighted by Gasteiger charge is -2.09. The number of aromatic amines is 1. The van der Waals surface area contributed by atoms with Crippen molar-refractivity contribution in [3.63, 3.8) is 0 Å². The SMILES string of the molecule is CCCOC(=O)C(N)Cc1cnc[nH]1.[Cl-].[Cl-]. The van der Waals surface area contributed by atoms with E-state index in [-0.39, 0.29) is 30.8 Å². The van der Waals surface area contributed by atoms with Crippen LogP contribution in [0.25, 0.3) is 0 Å². The topological polar surface area (TPSA) is 81.0 Å². The third kappa shape index (κ3) is 5.95. The van der Waals surface area contributed by atoms with E-state index in [2.05, 4.69) is 9.97 Å². The molecule has 0 saturated carbocycles. The Balaban J connectivity index is 0. The monoisotopic (exact) mass is 267 g/mol. The smallest absolute Gasteiger partial charge is 0.323 e. The second-order valence-corrected chi connectivity index (χ2v) is 3.05. The quantitative estimate of drug-likeness (QED) is 0.521. The fourth-order valence-electron chi connectivity index (χ4n) is 1.03. The number of nitrogens with zero attached hydrogens (tertiary/aromatic N) is 1. The summed E-state index contributed by atoms with van der Waals surface area (Å²) in [6, 6.07) is -0.609. The number of carbonyl (C=O) groups is 1. The Kier molecular flexibility index (Phi) is 10.4. The molecular weight excluding hydrogens is 253 g/mol. The highest BCUT2D eigenvalue weighted by atomic mass is 35.5. The van der Waals surface area contributed by atoms with E-state index >= 15 is 0 Å². The van der Waals surface area contributed by atoms with Gasteiger partial charge < -0.3 is 40.3 Å². The third-order valence-electron chi connectivity index (χ3n) is 1.75. The largest absolute Gasteiger partial charge is 1.00 e. The Hall–Kier alpha value is -0.780. The molecule has 0 aliphatic carbocycles. The van der Waals surface area contributed by atoms with E-state index in [4.69, 9.17) is 10.5 Å². The number of hydrogen-bond acceptors (Lipinski definition) is 4. The highest BCUT2D eigenvalue weighted by Crippen LogP contribution is 1.98. The van der Waals surface area contributed by atoms with Crippen molar-refractivity contribution in [3.05, 3.63) is 18.2 Å². The molecule has 7 heteroatoms. The van der Waals surface area contributed by atoms with Crippen molar-refractivity contribution in [1.29, 1.82) is 0 Å². The molecule has 1 heterocycles. The lowest BCUT2D eigenvalue weighted by molar-refractivity contribution is -0.145. The highest BCUT2D eigenvalue weighted by Gasteiger charge is 2.15. The molecule has 94 valence electrons. The van der Waals surface area contributed by atoms with E-state index in [1.165, 1.54) is 0 Å². The number of nitrogens with two attached hydrogens (primary N) is 1. The normalized spacial score (nSPS) is 10.9. The second kappa shape index (κ2) is 9.45. The van der Waals surface area contributed by atoms with Crippen molar-refractivity contribution in [1.82, 2.24) is 9.97 Å². The zero-order valence-electron chi connectivity index (χ0n) is 8.95. The molecule has 1 rings (SSSR count). The Labute approximate surface area is 107 Å². The number of hydrogen-bond donors (Lipinski definition) is 2. The molecule has 0 aromatic carbocycles. The number of aromatic nitrogens is 2. The van der Waals surface area contributed by atoms with Crippen LogP contribution in [0.3, 0.4) is 0 Å². The van der Waals surface area contributed by atoms with Crippen molar-refractivity contribution in [2.24, 2.45) is 5.73 Å². The zero-order valence-corrected chi connectivity index (χ0v) is 10.5. The molecule has 3 N–H and O–H groups in total. The van der Waals surface area contributed by atoms with Gasteiger partial charge >= 0.3 is 5.97 Å². The minimum Gasteiger partial charge on any atom is -1.00 e. The molecule has 1 aromatic rings. The van der Waals surface area contributed by atoms with Gasteiger partial charge in [-0.3, -0.25) is 4.79 Å². The van der Waals surface area contributed by atoms with Crippen molar-refractivity contribution in [3.8, 4) is 0 Å². The van der Waals surface area contributed by atoms with Crippen LogP contribution in [-0.4, -0.2) is 28.6 Å². The van der Waals surface area contributed by atoms with Crippen LogP contribution in [-0.2, 0) is 16.0 Å². The van der Waals surface area contributed by atoms with Crippen LogP contribution < -0.4 is 30.5 Å². The summed E-state index contributed by atoms with van der Waals surface area (Å²) in [5.41, 5.74) is 6.47. The Morgan fingerprint density at radius 3 is 2.81 bits per heavy atom. The molecule has 0 aliphatic heterocycles. The zero-order chi connectivity index (χ0) is 10.4. The molecule has 0 aliphatic rings. The fraction of sp³-hybridized carbons (Fsp3) is 0.556. The molecule has 1 unspecified atom stereocenters. The van der Waals surface area contributed by atoms with Crippen molar-refractivity contribution >= 4 is 5.97 Å². The van der Waals surface area contributed by atoms with Gasteiger partial charge in [0.2, 0.25) is 0 Å². The van der Waals surface area contributed by atoms with Gasteiger partial charge in [0.1, 0.15) is 6.04 Å². The molecule has 1 atom stereocenters. The number of rotatable bonds is 5. The van der Waals surface area contributed by atoms with Gasteiger partial charge in [0.15, 0.2) is 0 Å². The van der Waals surface area contributed by atoms with E-state index < -0.39 is 6.04 Å². The van der Waals surface area contributed by atoms with Gasteiger partial charge in [-0.05, 0) is 6.42 Å². The predicted octanol–water partition coefficient (Wildman–Crippen LogP) is -5.76. The first-order valence-electron chi connectivity index (χ1n) is 4.63. The molecule has 0 saturated heterocycles. The van der Waals surface area contributed by atoms with Gasteiger partial charge in [0, 0.05) is 18.3 Å². The molecule has 1 aromatic heterocycles. The fourth-order valence-corrected chi connectivity index (χ4v) is 1.03. The maximum atomic E-state index is 11.2. The molecule has 5 nitrogen and oxygen atoms in total. The summed E-state index contributed by atoms with van der Waals surface area (Å²) in [6.45, 7) is 2.36. The van der Waals surface area contributed by atoms with Crippen LogP contribution in [0.2, 0.25) is 0 Å². The first kappa shape index (κ1) is 17.6. The Bertz CT molecular complexity index is 280. The number of ether oxygens (including phenoxy) is 1. The number of esters is 1. The summed E-state index contributed by atoms with van der Waals surface area (Å²) in [6.07, 6.45) is 4.44. The van der Waals surface area contributed by atoms with Crippen LogP contribution in [0.15, 0.2) is 12.5 Å². The molecule has 0 fully saturated rings. The van der Waals surface area contributed by atoms with Crippen LogP contribution in [0, 0.1) is 0 Å². The maximum Gasteiger partial charge on any atom is 0.323 e. The van der Waals surface area contributed by atoms with Gasteiger partial charge in [0.25, 0.3) is 0 Å². The predicted molar refractivity (Wildman–Crippen MR) is 51.5 cm³/mol. The Morgan fingerprint density at radius 2 is 2.31 bits per heavy atom. The average Bonchev–Trinajstić information content (AvgIpc) is 2.66. The van der Waals surface area contributed by atoms with Crippen LogP contribution >= 0.6 is 0 Å². The molecule has 0 radical (unpaired) electrons. The lowest BCUT2D eigenvalue weighted by atomic mass is 10.2. The van der Waals surface area contributed by atoms with Gasteiger partial charge in [0.05, 0.1) is 12.9 Å². The first-order chi connectivity index (χ1) is 6.74. The summed E-state index contributed by atoms with van der Waals surface area (Å²) < 4.78 is 4.90.